The highest BCUT2D eigenvalue weighted by Gasteiger charge is 2.57. The van der Waals surface area contributed by atoms with E-state index in [1.165, 1.54) is 4.90 Å². The molecule has 1 aromatic carbocycles. The van der Waals surface area contributed by atoms with Crippen LogP contribution in [0.15, 0.2) is 54.0 Å². The van der Waals surface area contributed by atoms with Crippen LogP contribution in [0.5, 0.6) is 11.5 Å². The second-order valence-electron chi connectivity index (χ2n) is 15.2. The molecule has 1 aliphatic carbocycles. The molecular formula is C39H44F6N4O6S. The Kier molecular flexibility index (Phi) is 11.4. The van der Waals surface area contributed by atoms with E-state index in [-0.39, 0.29) is 63.6 Å². The molecule has 4 heterocycles. The number of aliphatic carboxylic acids is 1. The van der Waals surface area contributed by atoms with E-state index in [9.17, 15) is 45.8 Å². The number of para-hydroxylation sites is 1. The van der Waals surface area contributed by atoms with Crippen LogP contribution >= 0.6 is 11.3 Å². The minimum absolute atomic E-state index is 0.0244. The van der Waals surface area contributed by atoms with Gasteiger partial charge in [0, 0.05) is 61.2 Å². The Bertz CT molecular complexity index is 1930. The highest BCUT2D eigenvalue weighted by atomic mass is 32.1. The van der Waals surface area contributed by atoms with Crippen LogP contribution < -0.4 is 15.2 Å². The Morgan fingerprint density at radius 2 is 1.71 bits per heavy atom. The smallest absolute Gasteiger partial charge is 0.425 e. The number of hydrogen-bond acceptors (Lipinski definition) is 8. The Labute approximate surface area is 324 Å². The van der Waals surface area contributed by atoms with E-state index in [4.69, 9.17) is 15.2 Å². The van der Waals surface area contributed by atoms with Gasteiger partial charge < -0.3 is 30.1 Å². The van der Waals surface area contributed by atoms with Crippen LogP contribution in [0.4, 0.5) is 26.3 Å². The fourth-order valence-electron chi connectivity index (χ4n) is 8.36. The fourth-order valence-corrected chi connectivity index (χ4v) is 9.04. The van der Waals surface area contributed by atoms with Gasteiger partial charge >= 0.3 is 18.3 Å². The zero-order valence-electron chi connectivity index (χ0n) is 30.9. The van der Waals surface area contributed by atoms with Crippen LogP contribution in [0.25, 0.3) is 0 Å². The molecule has 304 valence electrons. The molecular weight excluding hydrogens is 767 g/mol. The summed E-state index contributed by atoms with van der Waals surface area (Å²) in [6.45, 7) is 3.58. The maximum absolute atomic E-state index is 15.0. The van der Waals surface area contributed by atoms with Crippen LogP contribution in [0.1, 0.15) is 98.1 Å². The summed E-state index contributed by atoms with van der Waals surface area (Å²) in [5.74, 6) is -2.32. The molecule has 56 heavy (non-hydrogen) atoms. The van der Waals surface area contributed by atoms with Crippen molar-refractivity contribution in [2.24, 2.45) is 11.1 Å². The number of alkyl halides is 6. The van der Waals surface area contributed by atoms with Gasteiger partial charge in [-0.2, -0.15) is 26.3 Å². The van der Waals surface area contributed by atoms with Crippen molar-refractivity contribution < 1.29 is 55.3 Å². The number of carboxylic acid groups (broad SMARTS) is 1. The summed E-state index contributed by atoms with van der Waals surface area (Å²) >= 11 is 0.377. The number of nitrogens with zero attached hydrogens (tertiary/aromatic N) is 3. The second-order valence-corrected chi connectivity index (χ2v) is 16.1. The van der Waals surface area contributed by atoms with E-state index in [1.807, 2.05) is 6.07 Å². The molecule has 0 radical (unpaired) electrons. The number of carboxylic acids is 1. The quantitative estimate of drug-likeness (QED) is 0.198. The van der Waals surface area contributed by atoms with Crippen molar-refractivity contribution in [1.82, 2.24) is 14.8 Å². The summed E-state index contributed by atoms with van der Waals surface area (Å²) < 4.78 is 96.1. The van der Waals surface area contributed by atoms with Crippen molar-refractivity contribution in [2.45, 2.75) is 107 Å². The third-order valence-electron chi connectivity index (χ3n) is 11.4. The molecule has 4 atom stereocenters. The van der Waals surface area contributed by atoms with Gasteiger partial charge in [0.1, 0.15) is 22.1 Å². The second kappa shape index (κ2) is 15.5. The Hall–Kier alpha value is -4.38. The van der Waals surface area contributed by atoms with E-state index in [1.54, 1.807) is 32.0 Å². The number of benzene rings is 1. The molecule has 3 aromatic rings. The molecule has 1 saturated carbocycles. The number of aromatic nitrogens is 1. The van der Waals surface area contributed by atoms with E-state index in [0.717, 1.165) is 34.7 Å². The van der Waals surface area contributed by atoms with Crippen molar-refractivity contribution in [3.05, 3.63) is 75.7 Å². The average molecular weight is 811 g/mol. The van der Waals surface area contributed by atoms with Crippen molar-refractivity contribution in [1.29, 1.82) is 0 Å². The average Bonchev–Trinajstić information content (AvgIpc) is 3.79. The first-order valence-corrected chi connectivity index (χ1v) is 19.4. The van der Waals surface area contributed by atoms with Crippen LogP contribution in [0, 0.1) is 5.41 Å². The van der Waals surface area contributed by atoms with Gasteiger partial charge in [-0.25, -0.2) is 0 Å². The summed E-state index contributed by atoms with van der Waals surface area (Å²) in [6.07, 6.45) is -6.58. The van der Waals surface area contributed by atoms with E-state index >= 15 is 0 Å². The minimum atomic E-state index is -4.91. The maximum atomic E-state index is 15.0. The number of likely N-dealkylation sites (tertiary alicyclic amines) is 2. The molecule has 0 unspecified atom stereocenters. The van der Waals surface area contributed by atoms with Gasteiger partial charge in [0.2, 0.25) is 5.60 Å². The molecule has 2 aromatic heterocycles. The lowest BCUT2D eigenvalue weighted by molar-refractivity contribution is -0.161. The van der Waals surface area contributed by atoms with Crippen LogP contribution in [-0.2, 0) is 27.5 Å². The third-order valence-corrected chi connectivity index (χ3v) is 12.3. The normalized spacial score (nSPS) is 25.5. The number of ether oxygens (including phenoxy) is 2. The number of carbonyl (C=O) groups is 3. The van der Waals surface area contributed by atoms with Crippen LogP contribution in [-0.4, -0.2) is 75.1 Å². The van der Waals surface area contributed by atoms with E-state index in [0.29, 0.717) is 48.3 Å². The van der Waals surface area contributed by atoms with Crippen molar-refractivity contribution in [2.75, 3.05) is 19.6 Å². The number of hydrogen-bond donors (Lipinski definition) is 2. The summed E-state index contributed by atoms with van der Waals surface area (Å²) in [5, 5.41) is 10.8. The molecule has 2 saturated heterocycles. The molecule has 3 N–H and O–H groups in total. The maximum Gasteiger partial charge on any atom is 0.425 e. The van der Waals surface area contributed by atoms with E-state index in [2.05, 4.69) is 4.98 Å². The lowest BCUT2D eigenvalue weighted by Gasteiger charge is -2.51. The van der Waals surface area contributed by atoms with Gasteiger partial charge in [0.05, 0.1) is 23.1 Å². The van der Waals surface area contributed by atoms with Gasteiger partial charge in [-0.1, -0.05) is 31.5 Å². The first-order valence-electron chi connectivity index (χ1n) is 18.6. The molecule has 3 aliphatic rings. The van der Waals surface area contributed by atoms with Crippen molar-refractivity contribution in [3.8, 4) is 11.5 Å². The number of piperidine rings is 2. The molecule has 2 amide bonds. The molecule has 0 spiro atoms. The predicted molar refractivity (Wildman–Crippen MR) is 193 cm³/mol. The molecule has 2 aliphatic heterocycles. The van der Waals surface area contributed by atoms with Gasteiger partial charge in [-0.15, -0.1) is 11.3 Å². The largest absolute Gasteiger partial charge is 0.490 e. The number of thiophene rings is 1. The van der Waals surface area contributed by atoms with Gasteiger partial charge in [0.25, 0.3) is 11.8 Å². The molecule has 6 rings (SSSR count). The van der Waals surface area contributed by atoms with Crippen LogP contribution in [0.2, 0.25) is 0 Å². The van der Waals surface area contributed by atoms with E-state index < -0.39 is 68.9 Å². The number of pyridine rings is 1. The van der Waals surface area contributed by atoms with Gasteiger partial charge in [-0.3, -0.25) is 19.4 Å². The Morgan fingerprint density at radius 3 is 2.34 bits per heavy atom. The SMILES string of the molecule is CCC[C@H]1N(C(=O)c2ncccc2C(F)(F)F)CCC[C@@]1(Oc1csc(C(F)(F)F)c1)C(=O)N1CCC(N)(c2ccccc2O[C@@H]2CC[C@@](C)(C(=O)O)C2)CC1. The zero-order chi connectivity index (χ0) is 40.7. The lowest BCUT2D eigenvalue weighted by atomic mass is 9.77. The first kappa shape index (κ1) is 41.3. The zero-order valence-corrected chi connectivity index (χ0v) is 31.7. The number of halogens is 6. The van der Waals surface area contributed by atoms with Crippen molar-refractivity contribution >= 4 is 29.1 Å². The monoisotopic (exact) mass is 810 g/mol. The summed E-state index contributed by atoms with van der Waals surface area (Å²) in [4.78, 5) is 46.4. The fraction of sp³-hybridized carbons (Fsp3) is 0.538. The number of amides is 2. The number of rotatable bonds is 10. The summed E-state index contributed by atoms with van der Waals surface area (Å²) in [5.41, 5.74) is 1.76. The van der Waals surface area contributed by atoms with Gasteiger partial charge in [0.15, 0.2) is 0 Å². The third kappa shape index (κ3) is 8.06. The lowest BCUT2D eigenvalue weighted by Crippen LogP contribution is -2.69. The molecule has 10 nitrogen and oxygen atoms in total. The standard InChI is InChI=1S/C39H44F6N4O6S/c1-3-8-29-37(55-25-21-30(56-23-25)39(43,44)45,13-7-18-49(29)32(50)31-27(38(40,41)42)10-6-17-47-31)33(51)48-19-15-36(46,16-20-48)26-9-4-5-11-28(26)54-24-12-14-35(2,22-24)34(52)53/h4-6,9-11,17,21,23-24,29H,3,7-8,12-16,18-20,22,46H2,1-2H3,(H,52,53)/t24-,29-,35-,37+/m1/s1. The summed E-state index contributed by atoms with van der Waals surface area (Å²) in [6, 6.07) is 8.61. The summed E-state index contributed by atoms with van der Waals surface area (Å²) in [7, 11) is 0. The number of carbonyl (C=O) groups excluding carboxylic acids is 2. The first-order chi connectivity index (χ1) is 26.3. The molecule has 17 heteroatoms. The Balaban J connectivity index is 1.31. The number of nitrogens with two attached hydrogens (primary N) is 1. The predicted octanol–water partition coefficient (Wildman–Crippen LogP) is 7.90. The highest BCUT2D eigenvalue weighted by molar-refractivity contribution is 7.10. The minimum Gasteiger partial charge on any atom is -0.490 e. The van der Waals surface area contributed by atoms with Crippen molar-refractivity contribution in [3.63, 3.8) is 0 Å². The Morgan fingerprint density at radius 1 is 1.00 bits per heavy atom. The highest BCUT2D eigenvalue weighted by Crippen LogP contribution is 2.45. The topological polar surface area (TPSA) is 135 Å². The molecule has 3 fully saturated rings. The van der Waals surface area contributed by atoms with Gasteiger partial charge in [-0.05, 0) is 63.6 Å². The molecule has 0 bridgehead atoms. The van der Waals surface area contributed by atoms with Crippen LogP contribution in [0.3, 0.4) is 0 Å².